The van der Waals surface area contributed by atoms with E-state index in [2.05, 4.69) is 21.0 Å². The van der Waals surface area contributed by atoms with Crippen molar-refractivity contribution >= 4 is 35.4 Å². The smallest absolute Gasteiger partial charge is 0.258 e. The highest BCUT2D eigenvalue weighted by atomic mass is 32.1. The molecule has 8 nitrogen and oxygen atoms in total. The summed E-state index contributed by atoms with van der Waals surface area (Å²) in [6, 6.07) is 10.9. The van der Waals surface area contributed by atoms with E-state index in [0.29, 0.717) is 16.3 Å². The molecule has 3 rings (SSSR count). The zero-order valence-corrected chi connectivity index (χ0v) is 16.0. The predicted octanol–water partition coefficient (Wildman–Crippen LogP) is 2.07. The van der Waals surface area contributed by atoms with Crippen molar-refractivity contribution in [3.8, 4) is 16.5 Å². The molecule has 1 aromatic carbocycles. The van der Waals surface area contributed by atoms with Gasteiger partial charge in [-0.25, -0.2) is 0 Å². The van der Waals surface area contributed by atoms with E-state index >= 15 is 0 Å². The van der Waals surface area contributed by atoms with Crippen molar-refractivity contribution in [1.82, 2.24) is 25.6 Å². The molecule has 0 saturated heterocycles. The van der Waals surface area contributed by atoms with Gasteiger partial charge >= 0.3 is 0 Å². The second-order valence-corrected chi connectivity index (χ2v) is 6.87. The lowest BCUT2D eigenvalue weighted by Gasteiger charge is -2.09. The first kappa shape index (κ1) is 18.8. The number of amides is 2. The van der Waals surface area contributed by atoms with Gasteiger partial charge in [-0.15, -0.1) is 11.3 Å². The molecule has 10 heteroatoms. The molecule has 140 valence electrons. The molecule has 2 amide bonds. The summed E-state index contributed by atoms with van der Waals surface area (Å²) in [5, 5.41) is 8.75. The summed E-state index contributed by atoms with van der Waals surface area (Å²) in [6.07, 6.45) is 0.135. The number of aromatic nitrogens is 3. The molecule has 0 atom stereocenters. The predicted molar refractivity (Wildman–Crippen MR) is 104 cm³/mol. The number of nitrogens with one attached hydrogen (secondary N) is 3. The number of rotatable bonds is 6. The van der Waals surface area contributed by atoms with Crippen LogP contribution in [0, 0.1) is 4.77 Å². The van der Waals surface area contributed by atoms with Crippen molar-refractivity contribution in [2.75, 3.05) is 7.11 Å². The van der Waals surface area contributed by atoms with Gasteiger partial charge in [0.1, 0.15) is 12.3 Å². The first-order valence-corrected chi connectivity index (χ1v) is 9.25. The number of hydrogen-bond donors (Lipinski definition) is 3. The molecule has 0 radical (unpaired) electrons. The minimum atomic E-state index is -0.409. The van der Waals surface area contributed by atoms with Gasteiger partial charge in [0.15, 0.2) is 10.6 Å². The Morgan fingerprint density at radius 1 is 1.22 bits per heavy atom. The number of hydrogen-bond acceptors (Lipinski definition) is 6. The average Bonchev–Trinajstić information content (AvgIpc) is 3.31. The Morgan fingerprint density at radius 2 is 1.96 bits per heavy atom. The lowest BCUT2D eigenvalue weighted by Crippen LogP contribution is -2.43. The van der Waals surface area contributed by atoms with Crippen LogP contribution in [-0.4, -0.2) is 33.7 Å². The monoisotopic (exact) mass is 403 g/mol. The van der Waals surface area contributed by atoms with E-state index in [1.54, 1.807) is 35.9 Å². The summed E-state index contributed by atoms with van der Waals surface area (Å²) in [4.78, 5) is 25.1. The Labute approximate surface area is 164 Å². The van der Waals surface area contributed by atoms with E-state index in [1.807, 2.05) is 17.5 Å². The van der Waals surface area contributed by atoms with Gasteiger partial charge in [-0.3, -0.25) is 30.1 Å². The summed E-state index contributed by atoms with van der Waals surface area (Å²) in [5.74, 6) is 0.553. The molecular formula is C17H17N5O3S2. The molecule has 2 aromatic heterocycles. The number of hydrazine groups is 1. The third-order valence-electron chi connectivity index (χ3n) is 3.67. The second-order valence-electron chi connectivity index (χ2n) is 5.54. The number of nitrogens with zero attached hydrogens (tertiary/aromatic N) is 2. The van der Waals surface area contributed by atoms with Gasteiger partial charge in [-0.1, -0.05) is 18.2 Å². The van der Waals surface area contributed by atoms with Crippen LogP contribution in [0.25, 0.3) is 10.7 Å². The molecular weight excluding hydrogens is 386 g/mol. The maximum Gasteiger partial charge on any atom is 0.258 e. The summed E-state index contributed by atoms with van der Waals surface area (Å²) in [7, 11) is 1.58. The Bertz CT molecular complexity index is 977. The number of methoxy groups -OCH3 is 1. The fraction of sp³-hybridized carbons (Fsp3) is 0.176. The Morgan fingerprint density at radius 3 is 2.63 bits per heavy atom. The van der Waals surface area contributed by atoms with E-state index in [4.69, 9.17) is 17.0 Å². The molecule has 0 bridgehead atoms. The van der Waals surface area contributed by atoms with Crippen LogP contribution in [0.5, 0.6) is 5.75 Å². The normalized spacial score (nSPS) is 10.4. The van der Waals surface area contributed by atoms with E-state index in [1.165, 1.54) is 11.3 Å². The molecule has 0 saturated carbocycles. The molecule has 0 spiro atoms. The first-order valence-electron chi connectivity index (χ1n) is 7.96. The average molecular weight is 403 g/mol. The van der Waals surface area contributed by atoms with E-state index in [9.17, 15) is 9.59 Å². The molecule has 2 heterocycles. The van der Waals surface area contributed by atoms with Crippen molar-refractivity contribution < 1.29 is 14.3 Å². The fourth-order valence-electron chi connectivity index (χ4n) is 2.35. The standard InChI is InChI=1S/C17H17N5O3S2/c1-25-12-6-4-11(5-7-12)9-14(23)18-19-15(24)10-22-16(20-21-17(22)26)13-3-2-8-27-13/h2-8H,9-10H2,1H3,(H,18,23)(H,19,24)(H,21,26). The molecule has 3 N–H and O–H groups in total. The third kappa shape index (κ3) is 4.80. The molecule has 0 unspecified atom stereocenters. The summed E-state index contributed by atoms with van der Waals surface area (Å²) >= 11 is 6.67. The number of benzene rings is 1. The number of H-pyrrole nitrogens is 1. The van der Waals surface area contributed by atoms with Gasteiger partial charge in [-0.05, 0) is 41.4 Å². The van der Waals surface area contributed by atoms with E-state index in [0.717, 1.165) is 10.4 Å². The highest BCUT2D eigenvalue weighted by molar-refractivity contribution is 7.71. The number of thiophene rings is 1. The van der Waals surface area contributed by atoms with Gasteiger partial charge < -0.3 is 4.74 Å². The zero-order chi connectivity index (χ0) is 19.2. The Balaban J connectivity index is 1.55. The zero-order valence-electron chi connectivity index (χ0n) is 14.4. The molecule has 0 aliphatic rings. The topological polar surface area (TPSA) is 101 Å². The van der Waals surface area contributed by atoms with Crippen molar-refractivity contribution in [3.05, 3.63) is 52.1 Å². The van der Waals surface area contributed by atoms with Crippen molar-refractivity contribution in [3.63, 3.8) is 0 Å². The van der Waals surface area contributed by atoms with E-state index < -0.39 is 5.91 Å². The van der Waals surface area contributed by atoms with Gasteiger partial charge in [0.05, 0.1) is 18.4 Å². The number of carbonyl (C=O) groups is 2. The van der Waals surface area contributed by atoms with Crippen LogP contribution in [0.3, 0.4) is 0 Å². The minimum absolute atomic E-state index is 0.0641. The number of aromatic amines is 1. The summed E-state index contributed by atoms with van der Waals surface area (Å²) < 4.78 is 6.98. The second kappa shape index (κ2) is 8.60. The Kier molecular flexibility index (Phi) is 5.99. The minimum Gasteiger partial charge on any atom is -0.497 e. The molecule has 3 aromatic rings. The van der Waals surface area contributed by atoms with Crippen LogP contribution in [0.15, 0.2) is 41.8 Å². The van der Waals surface area contributed by atoms with Crippen molar-refractivity contribution in [2.24, 2.45) is 0 Å². The molecule has 0 fully saturated rings. The highest BCUT2D eigenvalue weighted by Crippen LogP contribution is 2.22. The first-order chi connectivity index (χ1) is 13.1. The maximum absolute atomic E-state index is 12.2. The van der Waals surface area contributed by atoms with Crippen LogP contribution >= 0.6 is 23.6 Å². The molecule has 0 aliphatic carbocycles. The van der Waals surface area contributed by atoms with Crippen molar-refractivity contribution in [2.45, 2.75) is 13.0 Å². The van der Waals surface area contributed by atoms with Crippen LogP contribution in [-0.2, 0) is 22.6 Å². The fourth-order valence-corrected chi connectivity index (χ4v) is 3.27. The lowest BCUT2D eigenvalue weighted by molar-refractivity contribution is -0.128. The highest BCUT2D eigenvalue weighted by Gasteiger charge is 2.13. The molecule has 0 aliphatic heterocycles. The van der Waals surface area contributed by atoms with Crippen molar-refractivity contribution in [1.29, 1.82) is 0 Å². The summed E-state index contributed by atoms with van der Waals surface area (Å²) in [6.45, 7) is -0.0641. The number of carbonyl (C=O) groups excluding carboxylic acids is 2. The maximum atomic E-state index is 12.2. The van der Waals surface area contributed by atoms with Gasteiger partial charge in [0.25, 0.3) is 5.91 Å². The van der Waals surface area contributed by atoms with Crippen LogP contribution < -0.4 is 15.6 Å². The van der Waals surface area contributed by atoms with Crippen LogP contribution in [0.1, 0.15) is 5.56 Å². The van der Waals surface area contributed by atoms with Gasteiger partial charge in [0, 0.05) is 0 Å². The third-order valence-corrected chi connectivity index (χ3v) is 4.84. The largest absolute Gasteiger partial charge is 0.497 e. The Hall–Kier alpha value is -2.98. The van der Waals surface area contributed by atoms with E-state index in [-0.39, 0.29) is 18.9 Å². The van der Waals surface area contributed by atoms with Gasteiger partial charge in [-0.2, -0.15) is 5.10 Å². The molecule has 27 heavy (non-hydrogen) atoms. The number of ether oxygens (including phenoxy) is 1. The lowest BCUT2D eigenvalue weighted by atomic mass is 10.1. The summed E-state index contributed by atoms with van der Waals surface area (Å²) in [5.41, 5.74) is 5.60. The van der Waals surface area contributed by atoms with Crippen LogP contribution in [0.2, 0.25) is 0 Å². The quantitative estimate of drug-likeness (QED) is 0.432. The van der Waals surface area contributed by atoms with Crippen LogP contribution in [0.4, 0.5) is 0 Å². The van der Waals surface area contributed by atoms with Gasteiger partial charge in [0.2, 0.25) is 5.91 Å². The SMILES string of the molecule is COc1ccc(CC(=O)NNC(=O)Cn2c(-c3cccs3)n[nH]c2=S)cc1.